The summed E-state index contributed by atoms with van der Waals surface area (Å²) in [6, 6.07) is 103. The fourth-order valence-corrected chi connectivity index (χ4v) is 16.0. The van der Waals surface area contributed by atoms with Crippen LogP contribution in [-0.2, 0) is 0 Å². The Bertz CT molecular complexity index is 5420. The van der Waals surface area contributed by atoms with Crippen molar-refractivity contribution in [1.29, 1.82) is 5.26 Å². The molecule has 0 amide bonds. The van der Waals surface area contributed by atoms with Crippen molar-refractivity contribution in [3.63, 3.8) is 0 Å². The molecule has 0 saturated carbocycles. The van der Waals surface area contributed by atoms with Crippen LogP contribution in [0.4, 0.5) is 5.69 Å². The lowest BCUT2D eigenvalue weighted by Gasteiger charge is -2.26. The fourth-order valence-electron chi connectivity index (χ4n) is 13.5. The van der Waals surface area contributed by atoms with Crippen LogP contribution in [0.5, 0.6) is 0 Å². The van der Waals surface area contributed by atoms with E-state index < -0.39 is 0 Å². The van der Waals surface area contributed by atoms with Crippen LogP contribution in [0.2, 0.25) is 0 Å². The molecule has 0 aliphatic heterocycles. The third-order valence-electron chi connectivity index (χ3n) is 17.3. The summed E-state index contributed by atoms with van der Waals surface area (Å²) in [4.78, 5) is 4.72. The molecule has 0 aliphatic carbocycles. The Labute approximate surface area is 503 Å². The van der Waals surface area contributed by atoms with Crippen LogP contribution in [-0.4, -0.2) is 9.13 Å². The molecule has 0 fully saturated rings. The van der Waals surface area contributed by atoms with Gasteiger partial charge < -0.3 is 9.13 Å². The van der Waals surface area contributed by atoms with Crippen LogP contribution in [0.25, 0.3) is 167 Å². The van der Waals surface area contributed by atoms with Crippen LogP contribution in [0, 0.1) is 17.9 Å². The van der Waals surface area contributed by atoms with Crippen LogP contribution >= 0.6 is 22.7 Å². The van der Waals surface area contributed by atoms with Crippen molar-refractivity contribution < 1.29 is 0 Å². The molecule has 17 aromatic rings. The molecule has 4 heterocycles. The summed E-state index contributed by atoms with van der Waals surface area (Å²) in [7, 11) is 0. The summed E-state index contributed by atoms with van der Waals surface area (Å²) >= 11 is 3.61. The minimum Gasteiger partial charge on any atom is -0.318 e. The number of nitrogens with zero attached hydrogens (tertiary/aromatic N) is 4. The van der Waals surface area contributed by atoms with Gasteiger partial charge in [0.2, 0.25) is 5.69 Å². The molecule has 17 rings (SSSR count). The lowest BCUT2D eigenvalue weighted by Crippen LogP contribution is -2.09. The number of rotatable bonds is 8. The van der Waals surface area contributed by atoms with E-state index >= 15 is 0 Å². The zero-order valence-electron chi connectivity index (χ0n) is 46.2. The molecule has 0 spiro atoms. The standard InChI is InChI=1S/C80H46N4S2/c1-82-74-72(53-29-15-6-16-30-53)67(48-81)75(73(78(74)83-68-33-19-17-31-59(68)60-32-18-20-34-69(60)83)58-44-56(51-25-11-4-12-26-51)43-57(45-58)52-27-13-5-14-28-52)84-76-61(37-39-63-65-46-54(49-21-7-2-8-22-49)35-41-70(65)85-79(63)76)62-38-40-64-66-47-55(50-23-9-3-10-24-50)36-42-71(66)86-80(64)77(62)84/h2-47H. The molecule has 0 radical (unpaired) electrons. The quantitative estimate of drug-likeness (QED) is 0.140. The number of aromatic nitrogens is 2. The summed E-state index contributed by atoms with van der Waals surface area (Å²) in [5, 5.41) is 21.6. The molecule has 6 heteroatoms. The number of hydrogen-bond donors (Lipinski definition) is 0. The largest absolute Gasteiger partial charge is 0.318 e. The van der Waals surface area contributed by atoms with E-state index in [9.17, 15) is 11.8 Å². The van der Waals surface area contributed by atoms with E-state index in [1.165, 1.54) is 20.2 Å². The number of thiophene rings is 2. The Kier molecular flexibility index (Phi) is 11.4. The summed E-state index contributed by atoms with van der Waals surface area (Å²) in [5.74, 6) is 0. The van der Waals surface area contributed by atoms with Gasteiger partial charge in [-0.3, -0.25) is 0 Å². The first-order valence-electron chi connectivity index (χ1n) is 28.8. The highest BCUT2D eigenvalue weighted by molar-refractivity contribution is 7.27. The van der Waals surface area contributed by atoms with Crippen LogP contribution in [0.15, 0.2) is 279 Å². The van der Waals surface area contributed by atoms with Crippen molar-refractivity contribution in [3.05, 3.63) is 296 Å². The van der Waals surface area contributed by atoms with E-state index in [2.05, 4.69) is 276 Å². The summed E-state index contributed by atoms with van der Waals surface area (Å²) in [5.41, 5.74) is 18.0. The highest BCUT2D eigenvalue weighted by Gasteiger charge is 2.33. The monoisotopic (exact) mass is 1130 g/mol. The van der Waals surface area contributed by atoms with Crippen molar-refractivity contribution in [3.8, 4) is 84.2 Å². The Morgan fingerprint density at radius 2 is 0.709 bits per heavy atom. The minimum atomic E-state index is 0.394. The maximum absolute atomic E-state index is 12.7. The lowest BCUT2D eigenvalue weighted by molar-refractivity contribution is 1.14. The lowest BCUT2D eigenvalue weighted by atomic mass is 9.86. The average molecular weight is 1130 g/mol. The molecule has 0 N–H and O–H groups in total. The van der Waals surface area contributed by atoms with Crippen molar-refractivity contribution in [2.24, 2.45) is 0 Å². The summed E-state index contributed by atoms with van der Waals surface area (Å²) < 4.78 is 9.40. The van der Waals surface area contributed by atoms with Crippen LogP contribution < -0.4 is 0 Å². The molecule has 4 aromatic heterocycles. The van der Waals surface area contributed by atoms with Gasteiger partial charge in [0.25, 0.3) is 0 Å². The molecule has 398 valence electrons. The predicted octanol–water partition coefficient (Wildman–Crippen LogP) is 23.0. The SMILES string of the molecule is [C-]#[N+]c1c(-c2ccccc2)c(C#N)c(-n2c3c(ccc4c5cc(-c6ccccc6)ccc5sc43)c3ccc4c5cc(-c6ccccc6)ccc5sc4c32)c(-c2cc(-c3ccccc3)cc(-c3ccccc3)c2)c1-n1c2ccccc2c2ccccc21. The average Bonchev–Trinajstić information content (AvgIpc) is 1.52. The first-order chi connectivity index (χ1) is 42.6. The van der Waals surface area contributed by atoms with Gasteiger partial charge in [-0.15, -0.1) is 22.7 Å². The Morgan fingerprint density at radius 1 is 0.314 bits per heavy atom. The maximum atomic E-state index is 12.7. The zero-order valence-corrected chi connectivity index (χ0v) is 47.8. The van der Waals surface area contributed by atoms with Crippen molar-refractivity contribution in [1.82, 2.24) is 9.13 Å². The van der Waals surface area contributed by atoms with Gasteiger partial charge >= 0.3 is 0 Å². The van der Waals surface area contributed by atoms with E-state index in [4.69, 9.17) is 4.85 Å². The Hall–Kier alpha value is -11.1. The normalized spacial score (nSPS) is 11.7. The highest BCUT2D eigenvalue weighted by Crippen LogP contribution is 2.55. The van der Waals surface area contributed by atoms with E-state index in [-0.39, 0.29) is 0 Å². The third-order valence-corrected chi connectivity index (χ3v) is 19.7. The second-order valence-corrected chi connectivity index (χ2v) is 24.1. The van der Waals surface area contributed by atoms with Gasteiger partial charge in [0.05, 0.1) is 55.0 Å². The Morgan fingerprint density at radius 3 is 1.15 bits per heavy atom. The van der Waals surface area contributed by atoms with Gasteiger partial charge in [-0.1, -0.05) is 224 Å². The second kappa shape index (κ2) is 19.8. The first-order valence-corrected chi connectivity index (χ1v) is 30.4. The molecule has 0 bridgehead atoms. The van der Waals surface area contributed by atoms with Crippen LogP contribution in [0.1, 0.15) is 5.56 Å². The Balaban J connectivity index is 1.14. The molecular formula is C80H46N4S2. The third kappa shape index (κ3) is 7.58. The van der Waals surface area contributed by atoms with Gasteiger partial charge in [0.15, 0.2) is 0 Å². The zero-order chi connectivity index (χ0) is 57.0. The molecule has 13 aromatic carbocycles. The number of hydrogen-bond acceptors (Lipinski definition) is 3. The molecule has 86 heavy (non-hydrogen) atoms. The molecule has 4 nitrogen and oxygen atoms in total. The number of para-hydroxylation sites is 2. The maximum Gasteiger partial charge on any atom is 0.220 e. The van der Waals surface area contributed by atoms with E-state index in [0.717, 1.165) is 125 Å². The number of nitriles is 1. The van der Waals surface area contributed by atoms with Gasteiger partial charge in [0.1, 0.15) is 6.07 Å². The molecular weight excluding hydrogens is 1080 g/mol. The van der Waals surface area contributed by atoms with E-state index in [1.807, 2.05) is 18.2 Å². The predicted molar refractivity (Wildman–Crippen MR) is 364 cm³/mol. The van der Waals surface area contributed by atoms with E-state index in [1.54, 1.807) is 22.7 Å². The number of fused-ring (bicyclic) bond motifs is 14. The van der Waals surface area contributed by atoms with Gasteiger partial charge in [-0.2, -0.15) is 5.26 Å². The van der Waals surface area contributed by atoms with Crippen molar-refractivity contribution in [2.75, 3.05) is 0 Å². The minimum absolute atomic E-state index is 0.394. The van der Waals surface area contributed by atoms with Gasteiger partial charge in [-0.25, -0.2) is 4.85 Å². The first kappa shape index (κ1) is 49.5. The molecule has 0 atom stereocenters. The fraction of sp³-hybridized carbons (Fsp3) is 0. The van der Waals surface area contributed by atoms with Crippen LogP contribution in [0.3, 0.4) is 0 Å². The topological polar surface area (TPSA) is 38.0 Å². The molecule has 0 saturated heterocycles. The second-order valence-electron chi connectivity index (χ2n) is 22.0. The van der Waals surface area contributed by atoms with Crippen molar-refractivity contribution >= 4 is 112 Å². The number of benzene rings is 13. The smallest absolute Gasteiger partial charge is 0.220 e. The van der Waals surface area contributed by atoms with Gasteiger partial charge in [-0.05, 0) is 110 Å². The summed E-state index contributed by atoms with van der Waals surface area (Å²) in [6.07, 6.45) is 0. The highest BCUT2D eigenvalue weighted by atomic mass is 32.1. The van der Waals surface area contributed by atoms with E-state index in [0.29, 0.717) is 28.2 Å². The van der Waals surface area contributed by atoms with Crippen molar-refractivity contribution in [2.45, 2.75) is 0 Å². The summed E-state index contributed by atoms with van der Waals surface area (Å²) in [6.45, 7) is 9.68. The molecule has 0 unspecified atom stereocenters. The van der Waals surface area contributed by atoms with Gasteiger partial charge in [0, 0.05) is 63.6 Å². The molecule has 0 aliphatic rings.